The molecule has 0 unspecified atom stereocenters. The van der Waals surface area contributed by atoms with Crippen LogP contribution in [0.4, 0.5) is 5.69 Å². The molecule has 2 heterocycles. The quantitative estimate of drug-likeness (QED) is 0.573. The van der Waals surface area contributed by atoms with Crippen LogP contribution in [0.25, 0.3) is 5.69 Å². The van der Waals surface area contributed by atoms with Gasteiger partial charge in [0.25, 0.3) is 5.91 Å². The fraction of sp³-hybridized carbons (Fsp3) is 0.111. The van der Waals surface area contributed by atoms with Crippen LogP contribution in [-0.2, 0) is 0 Å². The molecule has 0 saturated heterocycles. The topological polar surface area (TPSA) is 49.6 Å². The zero-order valence-corrected chi connectivity index (χ0v) is 14.3. The minimum Gasteiger partial charge on any atom is -0.378 e. The first-order valence-electron chi connectivity index (χ1n) is 7.47. The molecule has 3 aromatic rings. The molecule has 24 heavy (non-hydrogen) atoms. The fourth-order valence-electron chi connectivity index (χ4n) is 2.27. The first-order valence-corrected chi connectivity index (χ1v) is 8.35. The molecule has 0 aliphatic heterocycles. The molecular weight excluding hydrogens is 320 g/mol. The number of aromatic nitrogens is 1. The lowest BCUT2D eigenvalue weighted by molar-refractivity contribution is 0.0959. The Balaban J connectivity index is 1.73. The normalized spacial score (nSPS) is 10.9. The zero-order valence-electron chi connectivity index (χ0n) is 13.5. The van der Waals surface area contributed by atoms with E-state index in [1.54, 1.807) is 12.3 Å². The van der Waals surface area contributed by atoms with E-state index in [9.17, 15) is 4.79 Å². The van der Waals surface area contributed by atoms with Gasteiger partial charge in [-0.2, -0.15) is 5.10 Å². The summed E-state index contributed by atoms with van der Waals surface area (Å²) in [6, 6.07) is 15.7. The van der Waals surface area contributed by atoms with Gasteiger partial charge in [-0.05, 0) is 47.8 Å². The predicted molar refractivity (Wildman–Crippen MR) is 99.5 cm³/mol. The van der Waals surface area contributed by atoms with Gasteiger partial charge in [0.1, 0.15) is 0 Å². The van der Waals surface area contributed by atoms with Gasteiger partial charge in [-0.25, -0.2) is 5.43 Å². The Labute approximate surface area is 144 Å². The number of hydrazone groups is 1. The molecule has 0 fully saturated rings. The van der Waals surface area contributed by atoms with Crippen molar-refractivity contribution in [2.45, 2.75) is 0 Å². The Morgan fingerprint density at radius 2 is 1.96 bits per heavy atom. The number of carbonyl (C=O) groups is 1. The highest BCUT2D eigenvalue weighted by molar-refractivity contribution is 7.12. The summed E-state index contributed by atoms with van der Waals surface area (Å²) in [6.45, 7) is 0. The van der Waals surface area contributed by atoms with Crippen LogP contribution >= 0.6 is 11.3 Å². The number of hydrogen-bond acceptors (Lipinski definition) is 4. The van der Waals surface area contributed by atoms with Gasteiger partial charge in [0.05, 0.1) is 16.8 Å². The predicted octanol–water partition coefficient (Wildman–Crippen LogP) is 3.37. The lowest BCUT2D eigenvalue weighted by atomic mass is 10.2. The highest BCUT2D eigenvalue weighted by Gasteiger charge is 2.05. The Morgan fingerprint density at radius 1 is 1.17 bits per heavy atom. The van der Waals surface area contributed by atoms with E-state index in [0.717, 1.165) is 17.1 Å². The summed E-state index contributed by atoms with van der Waals surface area (Å²) in [7, 11) is 4.03. The van der Waals surface area contributed by atoms with Crippen molar-refractivity contribution >= 4 is 29.1 Å². The third-order valence-corrected chi connectivity index (χ3v) is 4.40. The first-order chi connectivity index (χ1) is 11.6. The molecular formula is C18H18N4OS. The molecule has 0 atom stereocenters. The van der Waals surface area contributed by atoms with Crippen LogP contribution in [0.1, 0.15) is 15.4 Å². The van der Waals surface area contributed by atoms with Crippen molar-refractivity contribution < 1.29 is 4.79 Å². The van der Waals surface area contributed by atoms with Gasteiger partial charge in [0.15, 0.2) is 0 Å². The lowest BCUT2D eigenvalue weighted by Crippen LogP contribution is -2.16. The average Bonchev–Trinajstić information content (AvgIpc) is 3.26. The maximum atomic E-state index is 11.9. The number of hydrogen-bond donors (Lipinski definition) is 1. The van der Waals surface area contributed by atoms with Crippen molar-refractivity contribution in [2.24, 2.45) is 5.10 Å². The summed E-state index contributed by atoms with van der Waals surface area (Å²) in [5, 5.41) is 5.92. The van der Waals surface area contributed by atoms with Crippen LogP contribution < -0.4 is 10.3 Å². The molecule has 0 aliphatic carbocycles. The van der Waals surface area contributed by atoms with Crippen LogP contribution in [-0.4, -0.2) is 30.8 Å². The molecule has 0 spiro atoms. The molecule has 122 valence electrons. The second kappa shape index (κ2) is 7.14. The second-order valence-corrected chi connectivity index (χ2v) is 6.34. The van der Waals surface area contributed by atoms with Crippen LogP contribution in [0.3, 0.4) is 0 Å². The molecule has 1 aromatic carbocycles. The van der Waals surface area contributed by atoms with Gasteiger partial charge in [-0.15, -0.1) is 11.3 Å². The van der Waals surface area contributed by atoms with Gasteiger partial charge < -0.3 is 9.47 Å². The van der Waals surface area contributed by atoms with Gasteiger partial charge in [0, 0.05) is 31.7 Å². The van der Waals surface area contributed by atoms with E-state index in [4.69, 9.17) is 0 Å². The van der Waals surface area contributed by atoms with Gasteiger partial charge in [0.2, 0.25) is 0 Å². The molecule has 6 heteroatoms. The monoisotopic (exact) mass is 338 g/mol. The van der Waals surface area contributed by atoms with E-state index in [1.807, 2.05) is 48.4 Å². The maximum absolute atomic E-state index is 11.9. The van der Waals surface area contributed by atoms with E-state index in [1.165, 1.54) is 11.3 Å². The Bertz CT molecular complexity index is 832. The summed E-state index contributed by atoms with van der Waals surface area (Å²) in [4.78, 5) is 14.6. The third kappa shape index (κ3) is 3.55. The van der Waals surface area contributed by atoms with E-state index >= 15 is 0 Å². The molecule has 1 N–H and O–H groups in total. The van der Waals surface area contributed by atoms with Gasteiger partial charge in [-0.3, -0.25) is 4.79 Å². The van der Waals surface area contributed by atoms with Crippen molar-refractivity contribution in [1.82, 2.24) is 9.99 Å². The highest BCUT2D eigenvalue weighted by Crippen LogP contribution is 2.17. The summed E-state index contributed by atoms with van der Waals surface area (Å²) in [5.74, 6) is -0.199. The molecule has 2 aromatic heterocycles. The maximum Gasteiger partial charge on any atom is 0.281 e. The zero-order chi connectivity index (χ0) is 16.9. The van der Waals surface area contributed by atoms with Crippen molar-refractivity contribution in [2.75, 3.05) is 19.0 Å². The van der Waals surface area contributed by atoms with Crippen molar-refractivity contribution in [3.8, 4) is 5.69 Å². The van der Waals surface area contributed by atoms with Gasteiger partial charge in [-0.1, -0.05) is 6.07 Å². The largest absolute Gasteiger partial charge is 0.378 e. The number of rotatable bonds is 5. The number of anilines is 1. The highest BCUT2D eigenvalue weighted by atomic mass is 32.1. The number of nitrogens with one attached hydrogen (secondary N) is 1. The molecule has 5 nitrogen and oxygen atoms in total. The number of benzene rings is 1. The molecule has 3 rings (SSSR count). The number of amides is 1. The van der Waals surface area contributed by atoms with Gasteiger partial charge >= 0.3 is 0 Å². The number of nitrogens with zero attached hydrogens (tertiary/aromatic N) is 3. The standard InChI is InChI=1S/C18H18N4OS/c1-21(2)14-7-9-15(10-8-14)22-11-3-5-16(22)13-19-20-18(23)17-6-4-12-24-17/h3-13H,1-2H3,(H,20,23)/b19-13+. The number of thiophene rings is 1. The fourth-order valence-corrected chi connectivity index (χ4v) is 2.88. The minimum atomic E-state index is -0.199. The van der Waals surface area contributed by atoms with Crippen LogP contribution in [0, 0.1) is 0 Å². The van der Waals surface area contributed by atoms with E-state index < -0.39 is 0 Å². The lowest BCUT2D eigenvalue weighted by Gasteiger charge is -2.13. The van der Waals surface area contributed by atoms with Crippen LogP contribution in [0.2, 0.25) is 0 Å². The van der Waals surface area contributed by atoms with Crippen molar-refractivity contribution in [3.63, 3.8) is 0 Å². The van der Waals surface area contributed by atoms with E-state index in [2.05, 4.69) is 39.7 Å². The number of carbonyl (C=O) groups excluding carboxylic acids is 1. The molecule has 0 aliphatic rings. The molecule has 0 radical (unpaired) electrons. The summed E-state index contributed by atoms with van der Waals surface area (Å²) in [5.41, 5.74) is 5.62. The Morgan fingerprint density at radius 3 is 2.62 bits per heavy atom. The average molecular weight is 338 g/mol. The third-order valence-electron chi connectivity index (χ3n) is 3.53. The Hall–Kier alpha value is -2.86. The smallest absolute Gasteiger partial charge is 0.281 e. The summed E-state index contributed by atoms with van der Waals surface area (Å²) in [6.07, 6.45) is 3.61. The minimum absolute atomic E-state index is 0.199. The first kappa shape index (κ1) is 16.0. The summed E-state index contributed by atoms with van der Waals surface area (Å²) < 4.78 is 2.01. The summed E-state index contributed by atoms with van der Waals surface area (Å²) >= 11 is 1.39. The second-order valence-electron chi connectivity index (χ2n) is 5.39. The van der Waals surface area contributed by atoms with E-state index in [0.29, 0.717) is 4.88 Å². The SMILES string of the molecule is CN(C)c1ccc(-n2cccc2/C=N/NC(=O)c2cccs2)cc1. The molecule has 0 saturated carbocycles. The van der Waals surface area contributed by atoms with E-state index in [-0.39, 0.29) is 5.91 Å². The Kier molecular flexibility index (Phi) is 4.77. The molecule has 1 amide bonds. The van der Waals surface area contributed by atoms with Crippen molar-refractivity contribution in [3.05, 3.63) is 70.7 Å². The van der Waals surface area contributed by atoms with Crippen molar-refractivity contribution in [1.29, 1.82) is 0 Å². The van der Waals surface area contributed by atoms with Crippen LogP contribution in [0.15, 0.2) is 65.2 Å². The molecule has 0 bridgehead atoms. The van der Waals surface area contributed by atoms with Crippen LogP contribution in [0.5, 0.6) is 0 Å².